The highest BCUT2D eigenvalue weighted by Crippen LogP contribution is 2.18. The van der Waals surface area contributed by atoms with Crippen LogP contribution >= 0.6 is 0 Å². The summed E-state index contributed by atoms with van der Waals surface area (Å²) in [5, 5.41) is 6.50. The molecule has 1 aliphatic rings. The molecule has 1 fully saturated rings. The first-order valence-corrected chi connectivity index (χ1v) is 7.73. The fourth-order valence-corrected chi connectivity index (χ4v) is 2.01. The molecule has 0 aromatic heterocycles. The first-order valence-electron chi connectivity index (χ1n) is 7.73. The minimum Gasteiger partial charge on any atom is -0.367 e. The van der Waals surface area contributed by atoms with Gasteiger partial charge >= 0.3 is 6.18 Å². The molecule has 1 aromatic rings. The van der Waals surface area contributed by atoms with Crippen molar-refractivity contribution in [3.05, 3.63) is 35.4 Å². The van der Waals surface area contributed by atoms with Gasteiger partial charge in [0.05, 0.1) is 13.2 Å². The number of hydrogen-bond donors (Lipinski definition) is 2. The van der Waals surface area contributed by atoms with E-state index in [-0.39, 0.29) is 6.61 Å². The highest BCUT2D eigenvalue weighted by Gasteiger charge is 2.27. The van der Waals surface area contributed by atoms with Crippen LogP contribution in [0.3, 0.4) is 0 Å². The molecule has 0 bridgehead atoms. The fourth-order valence-electron chi connectivity index (χ4n) is 2.01. The number of ether oxygens (including phenoxy) is 1. The van der Waals surface area contributed by atoms with Crippen molar-refractivity contribution < 1.29 is 17.9 Å². The fraction of sp³-hybridized carbons (Fsp3) is 0.562. The average molecular weight is 329 g/mol. The van der Waals surface area contributed by atoms with Crippen LogP contribution < -0.4 is 10.6 Å². The van der Waals surface area contributed by atoms with Crippen LogP contribution in [-0.2, 0) is 17.9 Å². The number of alkyl halides is 3. The molecule has 0 aliphatic heterocycles. The summed E-state index contributed by atoms with van der Waals surface area (Å²) < 4.78 is 40.9. The molecule has 0 saturated heterocycles. The lowest BCUT2D eigenvalue weighted by atomic mass is 10.1. The number of hydrogen-bond acceptors (Lipinski definition) is 2. The molecule has 4 nitrogen and oxygen atoms in total. The number of benzene rings is 1. The van der Waals surface area contributed by atoms with Crippen LogP contribution in [0.4, 0.5) is 13.2 Å². The van der Waals surface area contributed by atoms with E-state index < -0.39 is 12.8 Å². The Labute approximate surface area is 134 Å². The molecule has 1 aromatic carbocycles. The third-order valence-corrected chi connectivity index (χ3v) is 3.21. The zero-order valence-electron chi connectivity index (χ0n) is 13.1. The minimum absolute atomic E-state index is 0.0581. The number of halogens is 3. The molecule has 0 unspecified atom stereocenters. The average Bonchev–Trinajstić information content (AvgIpc) is 3.28. The molecule has 0 spiro atoms. The molecule has 1 saturated carbocycles. The molecule has 2 N–H and O–H groups in total. The second-order valence-corrected chi connectivity index (χ2v) is 5.54. The monoisotopic (exact) mass is 329 g/mol. The number of rotatable bonds is 7. The van der Waals surface area contributed by atoms with Crippen LogP contribution in [0.1, 0.15) is 30.9 Å². The SMILES string of the molecule is CCNC(=NCc1cccc(COCC(F)(F)F)c1)NC1CC1. The standard InChI is InChI=1S/C16H22F3N3O/c1-2-20-15(22-14-6-7-14)21-9-12-4-3-5-13(8-12)10-23-11-16(17,18)19/h3-5,8,14H,2,6-7,9-11H2,1H3,(H2,20,21,22). The van der Waals surface area contributed by atoms with Crippen molar-refractivity contribution in [2.75, 3.05) is 13.2 Å². The van der Waals surface area contributed by atoms with Crippen molar-refractivity contribution in [1.29, 1.82) is 0 Å². The maximum absolute atomic E-state index is 12.1. The summed E-state index contributed by atoms with van der Waals surface area (Å²) in [6.07, 6.45) is -1.97. The van der Waals surface area contributed by atoms with Gasteiger partial charge in [-0.05, 0) is 30.9 Å². The van der Waals surface area contributed by atoms with Crippen molar-refractivity contribution in [2.24, 2.45) is 4.99 Å². The van der Waals surface area contributed by atoms with E-state index in [9.17, 15) is 13.2 Å². The summed E-state index contributed by atoms with van der Waals surface area (Å²) in [4.78, 5) is 4.50. The lowest BCUT2D eigenvalue weighted by molar-refractivity contribution is -0.176. The molecule has 2 rings (SSSR count). The predicted molar refractivity (Wildman–Crippen MR) is 83.1 cm³/mol. The van der Waals surface area contributed by atoms with E-state index >= 15 is 0 Å². The number of aliphatic imine (C=N–C) groups is 1. The van der Waals surface area contributed by atoms with Crippen molar-refractivity contribution in [2.45, 2.75) is 45.1 Å². The molecular formula is C16H22F3N3O. The Morgan fingerprint density at radius 1 is 1.30 bits per heavy atom. The highest BCUT2D eigenvalue weighted by atomic mass is 19.4. The van der Waals surface area contributed by atoms with Crippen molar-refractivity contribution >= 4 is 5.96 Å². The Balaban J connectivity index is 1.87. The third-order valence-electron chi connectivity index (χ3n) is 3.21. The summed E-state index contributed by atoms with van der Waals surface area (Å²) in [5.74, 6) is 0.772. The molecular weight excluding hydrogens is 307 g/mol. The largest absolute Gasteiger partial charge is 0.411 e. The van der Waals surface area contributed by atoms with Crippen LogP contribution in [0.5, 0.6) is 0 Å². The van der Waals surface area contributed by atoms with Gasteiger partial charge in [-0.15, -0.1) is 0 Å². The second kappa shape index (κ2) is 8.19. The van der Waals surface area contributed by atoms with E-state index in [1.807, 2.05) is 19.1 Å². The molecule has 23 heavy (non-hydrogen) atoms. The summed E-state index contributed by atoms with van der Waals surface area (Å²) in [6.45, 7) is 1.96. The summed E-state index contributed by atoms with van der Waals surface area (Å²) in [7, 11) is 0. The predicted octanol–water partition coefficient (Wildman–Crippen LogP) is 2.98. The summed E-state index contributed by atoms with van der Waals surface area (Å²) >= 11 is 0. The summed E-state index contributed by atoms with van der Waals surface area (Å²) in [5.41, 5.74) is 1.65. The van der Waals surface area contributed by atoms with Gasteiger partial charge in [0.2, 0.25) is 0 Å². The Kier molecular flexibility index (Phi) is 6.27. The Hall–Kier alpha value is -1.76. The van der Waals surface area contributed by atoms with Gasteiger partial charge in [-0.2, -0.15) is 13.2 Å². The zero-order chi connectivity index (χ0) is 16.7. The van der Waals surface area contributed by atoms with E-state index in [2.05, 4.69) is 20.4 Å². The number of guanidine groups is 1. The lowest BCUT2D eigenvalue weighted by Gasteiger charge is -2.11. The Morgan fingerprint density at radius 2 is 2.04 bits per heavy atom. The third kappa shape index (κ3) is 7.36. The van der Waals surface area contributed by atoms with Gasteiger partial charge in [0.1, 0.15) is 6.61 Å². The molecule has 0 radical (unpaired) electrons. The van der Waals surface area contributed by atoms with E-state index in [0.29, 0.717) is 18.2 Å². The van der Waals surface area contributed by atoms with Gasteiger partial charge in [-0.1, -0.05) is 24.3 Å². The van der Waals surface area contributed by atoms with E-state index in [1.165, 1.54) is 0 Å². The first kappa shape index (κ1) is 17.6. The summed E-state index contributed by atoms with van der Waals surface area (Å²) in [6, 6.07) is 7.78. The first-order chi connectivity index (χ1) is 11.0. The lowest BCUT2D eigenvalue weighted by Crippen LogP contribution is -2.38. The molecule has 0 amide bonds. The molecule has 0 heterocycles. The second-order valence-electron chi connectivity index (χ2n) is 5.54. The van der Waals surface area contributed by atoms with E-state index in [0.717, 1.165) is 30.9 Å². The van der Waals surface area contributed by atoms with Crippen molar-refractivity contribution in [3.8, 4) is 0 Å². The van der Waals surface area contributed by atoms with Crippen LogP contribution in [0.2, 0.25) is 0 Å². The minimum atomic E-state index is -4.29. The van der Waals surface area contributed by atoms with Crippen molar-refractivity contribution in [1.82, 2.24) is 10.6 Å². The smallest absolute Gasteiger partial charge is 0.367 e. The van der Waals surface area contributed by atoms with E-state index in [1.54, 1.807) is 12.1 Å². The Bertz CT molecular complexity index is 528. The molecule has 0 atom stereocenters. The molecule has 7 heteroatoms. The van der Waals surface area contributed by atoms with Gasteiger partial charge in [0, 0.05) is 12.6 Å². The normalized spacial score (nSPS) is 15.6. The van der Waals surface area contributed by atoms with Crippen LogP contribution in [0, 0.1) is 0 Å². The topological polar surface area (TPSA) is 45.7 Å². The number of nitrogens with one attached hydrogen (secondary N) is 2. The van der Waals surface area contributed by atoms with Gasteiger partial charge in [0.15, 0.2) is 5.96 Å². The van der Waals surface area contributed by atoms with Crippen molar-refractivity contribution in [3.63, 3.8) is 0 Å². The Morgan fingerprint density at radius 3 is 2.70 bits per heavy atom. The maximum atomic E-state index is 12.1. The molecule has 1 aliphatic carbocycles. The van der Waals surface area contributed by atoms with Gasteiger partial charge in [-0.25, -0.2) is 4.99 Å². The van der Waals surface area contributed by atoms with E-state index in [4.69, 9.17) is 0 Å². The van der Waals surface area contributed by atoms with Crippen LogP contribution in [0.25, 0.3) is 0 Å². The maximum Gasteiger partial charge on any atom is 0.411 e. The van der Waals surface area contributed by atoms with Crippen LogP contribution in [-0.4, -0.2) is 31.3 Å². The quantitative estimate of drug-likeness (QED) is 0.597. The van der Waals surface area contributed by atoms with Gasteiger partial charge < -0.3 is 15.4 Å². The zero-order valence-corrected chi connectivity index (χ0v) is 13.1. The van der Waals surface area contributed by atoms with Gasteiger partial charge in [-0.3, -0.25) is 0 Å². The molecule has 128 valence electrons. The number of nitrogens with zero attached hydrogens (tertiary/aromatic N) is 1. The van der Waals surface area contributed by atoms with Crippen LogP contribution in [0.15, 0.2) is 29.3 Å². The van der Waals surface area contributed by atoms with Gasteiger partial charge in [0.25, 0.3) is 0 Å². The highest BCUT2D eigenvalue weighted by molar-refractivity contribution is 5.80.